The number of allylic oxidation sites excluding steroid dienone is 2. The van der Waals surface area contributed by atoms with Crippen LogP contribution in [0.3, 0.4) is 0 Å². The molecule has 1 radical (unpaired) electrons. The van der Waals surface area contributed by atoms with Gasteiger partial charge >= 0.3 is 0 Å². The molecule has 0 saturated heterocycles. The number of pyridine rings is 1. The molecule has 0 fully saturated rings. The minimum Gasteiger partial charge on any atom is -0.512 e. The third kappa shape index (κ3) is 6.78. The van der Waals surface area contributed by atoms with Gasteiger partial charge in [-0.1, -0.05) is 118 Å². The van der Waals surface area contributed by atoms with Crippen LogP contribution in [0, 0.1) is 17.9 Å². The molecule has 6 aromatic carbocycles. The second kappa shape index (κ2) is 14.2. The molecule has 0 unspecified atom stereocenters. The van der Waals surface area contributed by atoms with Crippen molar-refractivity contribution in [1.82, 2.24) is 4.98 Å². The Morgan fingerprint density at radius 1 is 0.714 bits per heavy atom. The normalized spacial score (nSPS) is 11.8. The second-order valence-electron chi connectivity index (χ2n) is 12.8. The number of carbonyl (C=O) groups is 1. The number of ketones is 1. The largest absolute Gasteiger partial charge is 0.512 e. The van der Waals surface area contributed by atoms with Gasteiger partial charge in [0.15, 0.2) is 5.78 Å². The number of nitrogens with zero attached hydrogens (tertiary/aromatic N) is 1. The van der Waals surface area contributed by atoms with Crippen LogP contribution in [0.2, 0.25) is 0 Å². The Hall–Kier alpha value is -5.09. The maximum Gasteiger partial charge on any atom is 0.161 e. The monoisotopic (exact) mass is 819 g/mol. The molecule has 8 aromatic rings. The van der Waals surface area contributed by atoms with Crippen molar-refractivity contribution in [3.8, 4) is 22.4 Å². The molecule has 2 aromatic heterocycles. The van der Waals surface area contributed by atoms with Gasteiger partial charge in [0, 0.05) is 49.6 Å². The minimum absolute atomic E-state index is 0. The summed E-state index contributed by atoms with van der Waals surface area (Å²) in [6.07, 6.45) is 3.20. The number of hydrogen-bond donors (Lipinski definition) is 1. The SMILES string of the molecule is CC(C)C(=O)/C=C(\O)C(C)C.[Ir].[c-]1ccc2oc3c4cc5ccccc5cc4ccc3c2c1-c1cc(-c2ccc3ccccc3c2)ccn1. The number of aliphatic hydroxyl groups is 1. The number of fused-ring (bicyclic) bond motifs is 7. The van der Waals surface area contributed by atoms with E-state index >= 15 is 0 Å². The Balaban J connectivity index is 0.000000303. The van der Waals surface area contributed by atoms with Gasteiger partial charge in [-0.3, -0.25) is 4.79 Å². The van der Waals surface area contributed by atoms with Crippen molar-refractivity contribution in [2.24, 2.45) is 11.8 Å². The molecule has 0 saturated carbocycles. The summed E-state index contributed by atoms with van der Waals surface area (Å²) in [5, 5.41) is 18.5. The van der Waals surface area contributed by atoms with E-state index in [2.05, 4.69) is 109 Å². The van der Waals surface area contributed by atoms with E-state index in [-0.39, 0.29) is 43.5 Å². The maximum absolute atomic E-state index is 11.0. The summed E-state index contributed by atoms with van der Waals surface area (Å²) in [5.74, 6) is 0.161. The van der Waals surface area contributed by atoms with Crippen molar-refractivity contribution in [3.63, 3.8) is 0 Å². The molecule has 0 atom stereocenters. The van der Waals surface area contributed by atoms with Crippen molar-refractivity contribution in [1.29, 1.82) is 0 Å². The third-order valence-corrected chi connectivity index (χ3v) is 8.83. The van der Waals surface area contributed by atoms with Gasteiger partial charge < -0.3 is 14.5 Å². The summed E-state index contributed by atoms with van der Waals surface area (Å²) < 4.78 is 6.49. The van der Waals surface area contributed by atoms with Gasteiger partial charge in [-0.25, -0.2) is 0 Å². The summed E-state index contributed by atoms with van der Waals surface area (Å²) in [6, 6.07) is 44.0. The Kier molecular flexibility index (Phi) is 9.78. The fourth-order valence-corrected chi connectivity index (χ4v) is 6.03. The van der Waals surface area contributed by atoms with Crippen LogP contribution in [0.5, 0.6) is 0 Å². The summed E-state index contributed by atoms with van der Waals surface area (Å²) in [7, 11) is 0. The van der Waals surface area contributed by atoms with Gasteiger partial charge in [0.1, 0.15) is 5.58 Å². The number of benzene rings is 6. The topological polar surface area (TPSA) is 63.3 Å². The average molecular weight is 819 g/mol. The first-order chi connectivity index (χ1) is 23.3. The smallest absolute Gasteiger partial charge is 0.161 e. The van der Waals surface area contributed by atoms with E-state index in [4.69, 9.17) is 9.40 Å². The minimum atomic E-state index is -0.0316. The van der Waals surface area contributed by atoms with E-state index in [1.807, 2.05) is 46.0 Å². The zero-order chi connectivity index (χ0) is 33.4. The zero-order valence-corrected chi connectivity index (χ0v) is 30.2. The van der Waals surface area contributed by atoms with Gasteiger partial charge in [0.25, 0.3) is 0 Å². The Morgan fingerprint density at radius 3 is 2.08 bits per heavy atom. The van der Waals surface area contributed by atoms with Crippen LogP contribution < -0.4 is 0 Å². The summed E-state index contributed by atoms with van der Waals surface area (Å²) in [6.45, 7) is 7.32. The van der Waals surface area contributed by atoms with Gasteiger partial charge in [0.05, 0.1) is 11.3 Å². The van der Waals surface area contributed by atoms with Crippen molar-refractivity contribution >= 4 is 60.0 Å². The molecule has 0 aliphatic carbocycles. The molecule has 0 bridgehead atoms. The molecular weight excluding hydrogens is 783 g/mol. The van der Waals surface area contributed by atoms with Gasteiger partial charge in [-0.2, -0.15) is 0 Å². The van der Waals surface area contributed by atoms with Gasteiger partial charge in [-0.05, 0) is 73.4 Å². The van der Waals surface area contributed by atoms with Crippen molar-refractivity contribution < 1.29 is 34.4 Å². The predicted molar refractivity (Wildman–Crippen MR) is 199 cm³/mol. The Morgan fingerprint density at radius 2 is 1.37 bits per heavy atom. The van der Waals surface area contributed by atoms with Crippen molar-refractivity contribution in [2.75, 3.05) is 0 Å². The van der Waals surface area contributed by atoms with E-state index in [0.29, 0.717) is 0 Å². The number of hydrogen-bond acceptors (Lipinski definition) is 4. The maximum atomic E-state index is 11.0. The summed E-state index contributed by atoms with van der Waals surface area (Å²) in [5.41, 5.74) is 5.90. The fourth-order valence-electron chi connectivity index (χ4n) is 6.03. The molecule has 0 aliphatic heterocycles. The number of carbonyl (C=O) groups excluding carboxylic acids is 1. The number of furan rings is 1. The summed E-state index contributed by atoms with van der Waals surface area (Å²) in [4.78, 5) is 15.8. The first-order valence-electron chi connectivity index (χ1n) is 16.4. The second-order valence-corrected chi connectivity index (χ2v) is 12.8. The molecule has 4 nitrogen and oxygen atoms in total. The fraction of sp³-hybridized carbons (Fsp3) is 0.136. The molecule has 245 valence electrons. The number of aromatic nitrogens is 1. The molecule has 0 spiro atoms. The van der Waals surface area contributed by atoms with Crippen molar-refractivity contribution in [3.05, 3.63) is 139 Å². The van der Waals surface area contributed by atoms with Crippen LogP contribution in [-0.2, 0) is 24.9 Å². The summed E-state index contributed by atoms with van der Waals surface area (Å²) >= 11 is 0. The molecule has 49 heavy (non-hydrogen) atoms. The molecular formula is C44H36IrNO3-. The van der Waals surface area contributed by atoms with Crippen LogP contribution >= 0.6 is 0 Å². The van der Waals surface area contributed by atoms with Crippen LogP contribution in [0.25, 0.3) is 76.6 Å². The van der Waals surface area contributed by atoms with E-state index in [1.165, 1.54) is 38.6 Å². The van der Waals surface area contributed by atoms with Gasteiger partial charge in [-0.15, -0.1) is 17.7 Å². The van der Waals surface area contributed by atoms with E-state index in [0.717, 1.165) is 44.1 Å². The molecule has 8 rings (SSSR count). The average Bonchev–Trinajstić information content (AvgIpc) is 3.50. The van der Waals surface area contributed by atoms with E-state index < -0.39 is 0 Å². The van der Waals surface area contributed by atoms with Crippen molar-refractivity contribution in [2.45, 2.75) is 27.7 Å². The third-order valence-electron chi connectivity index (χ3n) is 8.83. The molecule has 0 amide bonds. The standard InChI is InChI=1S/C35H20NO.C9H16O2.Ir/c1-2-7-23-18-26(13-12-22(23)6-1)27-16-17-36-32(21-27)29-10-5-11-33-34(29)30-15-14-28-19-24-8-3-4-9-25(24)20-31(28)35(30)37-33;1-6(2)8(10)5-9(11)7(3)4;/h1-9,11-21H;5-7,10H,1-4H3;/q-1;;/b;8-5-;. The van der Waals surface area contributed by atoms with E-state index in [9.17, 15) is 9.90 Å². The van der Waals surface area contributed by atoms with Gasteiger partial charge in [0.2, 0.25) is 0 Å². The molecule has 0 aliphatic rings. The van der Waals surface area contributed by atoms with Crippen LogP contribution in [0.4, 0.5) is 0 Å². The Labute approximate surface area is 299 Å². The van der Waals surface area contributed by atoms with Crippen LogP contribution in [0.15, 0.2) is 138 Å². The first-order valence-corrected chi connectivity index (χ1v) is 16.4. The molecule has 1 N–H and O–H groups in total. The predicted octanol–water partition coefficient (Wildman–Crippen LogP) is 11.9. The van der Waals surface area contributed by atoms with E-state index in [1.54, 1.807) is 0 Å². The number of aliphatic hydroxyl groups excluding tert-OH is 1. The molecule has 5 heteroatoms. The van der Waals surface area contributed by atoms with Crippen LogP contribution in [-0.4, -0.2) is 15.9 Å². The molecule has 2 heterocycles. The Bertz CT molecular complexity index is 2510. The first kappa shape index (κ1) is 33.8. The quantitative estimate of drug-likeness (QED) is 0.0813. The van der Waals surface area contributed by atoms with Crippen LogP contribution in [0.1, 0.15) is 27.7 Å². The number of rotatable bonds is 5. The zero-order valence-electron chi connectivity index (χ0n) is 27.8.